The minimum Gasteiger partial charge on any atom is -0.504 e. The summed E-state index contributed by atoms with van der Waals surface area (Å²) in [6.07, 6.45) is 9.66. The van der Waals surface area contributed by atoms with Gasteiger partial charge in [-0.3, -0.25) is 9.78 Å². The number of aromatic hydroxyl groups is 1. The summed E-state index contributed by atoms with van der Waals surface area (Å²) in [4.78, 5) is 15.7. The van der Waals surface area contributed by atoms with E-state index in [1.807, 2.05) is 12.1 Å². The van der Waals surface area contributed by atoms with Gasteiger partial charge in [-0.2, -0.15) is 0 Å². The number of aromatic nitrogens is 1. The number of pyridine rings is 1. The number of ether oxygens (including phenoxy) is 1. The Hall–Kier alpha value is -2.88. The van der Waals surface area contributed by atoms with Crippen LogP contribution < -0.4 is 4.74 Å². The van der Waals surface area contributed by atoms with Crippen LogP contribution in [0.25, 0.3) is 12.2 Å². The summed E-state index contributed by atoms with van der Waals surface area (Å²) >= 11 is 0. The van der Waals surface area contributed by atoms with E-state index in [4.69, 9.17) is 4.74 Å². The lowest BCUT2D eigenvalue weighted by molar-refractivity contribution is -0.110. The third-order valence-corrected chi connectivity index (χ3v) is 2.77. The maximum Gasteiger partial charge on any atom is 0.178 e. The van der Waals surface area contributed by atoms with Crippen LogP contribution in [0.1, 0.15) is 11.1 Å². The van der Waals surface area contributed by atoms with E-state index in [0.29, 0.717) is 5.75 Å². The van der Waals surface area contributed by atoms with Crippen LogP contribution in [0.2, 0.25) is 0 Å². The Morgan fingerprint density at radius 2 is 1.95 bits per heavy atom. The average molecular weight is 281 g/mol. The van der Waals surface area contributed by atoms with E-state index in [-0.39, 0.29) is 11.5 Å². The molecule has 0 saturated carbocycles. The summed E-state index contributed by atoms with van der Waals surface area (Å²) in [5.74, 6) is 0.304. The minimum absolute atomic E-state index is 0.0671. The predicted molar refractivity (Wildman–Crippen MR) is 82.0 cm³/mol. The SMILES string of the molecule is COc1cc(C=CC(=O)C=Cc2cccnc2)ccc1O. The van der Waals surface area contributed by atoms with Crippen molar-refractivity contribution in [2.75, 3.05) is 7.11 Å². The monoisotopic (exact) mass is 281 g/mol. The quantitative estimate of drug-likeness (QED) is 0.856. The molecule has 1 aromatic carbocycles. The normalized spacial score (nSPS) is 11.1. The lowest BCUT2D eigenvalue weighted by Crippen LogP contribution is -1.87. The lowest BCUT2D eigenvalue weighted by atomic mass is 10.1. The van der Waals surface area contributed by atoms with Gasteiger partial charge in [-0.1, -0.05) is 18.2 Å². The van der Waals surface area contributed by atoms with Crippen molar-refractivity contribution < 1.29 is 14.6 Å². The molecule has 0 fully saturated rings. The van der Waals surface area contributed by atoms with Crippen LogP contribution >= 0.6 is 0 Å². The van der Waals surface area contributed by atoms with Gasteiger partial charge in [0.05, 0.1) is 7.11 Å². The van der Waals surface area contributed by atoms with Crippen molar-refractivity contribution in [3.05, 3.63) is 66.0 Å². The first-order chi connectivity index (χ1) is 10.2. The van der Waals surface area contributed by atoms with E-state index in [0.717, 1.165) is 11.1 Å². The van der Waals surface area contributed by atoms with Crippen molar-refractivity contribution in [1.82, 2.24) is 4.98 Å². The highest BCUT2D eigenvalue weighted by Gasteiger charge is 2.00. The van der Waals surface area contributed by atoms with Crippen molar-refractivity contribution >= 4 is 17.9 Å². The van der Waals surface area contributed by atoms with Crippen molar-refractivity contribution in [3.8, 4) is 11.5 Å². The van der Waals surface area contributed by atoms with Gasteiger partial charge in [0, 0.05) is 12.4 Å². The molecule has 2 aromatic rings. The molecule has 0 amide bonds. The van der Waals surface area contributed by atoms with Crippen molar-refractivity contribution in [2.24, 2.45) is 0 Å². The molecule has 0 bridgehead atoms. The number of rotatable bonds is 5. The zero-order valence-electron chi connectivity index (χ0n) is 11.6. The van der Waals surface area contributed by atoms with Crippen LogP contribution in [-0.4, -0.2) is 23.0 Å². The number of benzene rings is 1. The maximum atomic E-state index is 11.7. The van der Waals surface area contributed by atoms with Crippen LogP contribution in [0, 0.1) is 0 Å². The summed E-state index contributed by atoms with van der Waals surface area (Å²) in [5, 5.41) is 9.49. The molecule has 4 nitrogen and oxygen atoms in total. The number of hydrogen-bond acceptors (Lipinski definition) is 4. The summed E-state index contributed by atoms with van der Waals surface area (Å²) < 4.78 is 5.01. The number of carbonyl (C=O) groups is 1. The highest BCUT2D eigenvalue weighted by Crippen LogP contribution is 2.26. The van der Waals surface area contributed by atoms with Crippen molar-refractivity contribution in [3.63, 3.8) is 0 Å². The standard InChI is InChI=1S/C17H15NO3/c1-21-17-11-13(6-9-16(17)20)4-7-15(19)8-5-14-3-2-10-18-12-14/h2-12,20H,1H3. The molecule has 0 saturated heterocycles. The Kier molecular flexibility index (Phi) is 4.88. The third kappa shape index (κ3) is 4.31. The van der Waals surface area contributed by atoms with Gasteiger partial charge in [0.25, 0.3) is 0 Å². The summed E-state index contributed by atoms with van der Waals surface area (Å²) in [7, 11) is 1.48. The molecule has 0 radical (unpaired) electrons. The van der Waals surface area contributed by atoms with Crippen LogP contribution in [0.5, 0.6) is 11.5 Å². The van der Waals surface area contributed by atoms with Crippen LogP contribution in [-0.2, 0) is 4.79 Å². The molecule has 1 N–H and O–H groups in total. The molecule has 0 aliphatic carbocycles. The first-order valence-electron chi connectivity index (χ1n) is 6.36. The van der Waals surface area contributed by atoms with Gasteiger partial charge in [-0.15, -0.1) is 0 Å². The number of hydrogen-bond donors (Lipinski definition) is 1. The zero-order chi connectivity index (χ0) is 15.1. The van der Waals surface area contributed by atoms with Crippen LogP contribution in [0.4, 0.5) is 0 Å². The fraction of sp³-hybridized carbons (Fsp3) is 0.0588. The van der Waals surface area contributed by atoms with Gasteiger partial charge in [0.2, 0.25) is 0 Å². The first-order valence-corrected chi connectivity index (χ1v) is 6.36. The fourth-order valence-electron chi connectivity index (χ4n) is 1.68. The van der Waals surface area contributed by atoms with Gasteiger partial charge in [0.1, 0.15) is 0 Å². The summed E-state index contributed by atoms with van der Waals surface area (Å²) in [5.41, 5.74) is 1.64. The molecule has 1 aromatic heterocycles. The molecule has 0 aliphatic rings. The van der Waals surface area contributed by atoms with Gasteiger partial charge in [-0.25, -0.2) is 0 Å². The average Bonchev–Trinajstić information content (AvgIpc) is 2.53. The number of methoxy groups -OCH3 is 1. The Morgan fingerprint density at radius 3 is 2.62 bits per heavy atom. The second-order valence-electron chi connectivity index (χ2n) is 4.29. The fourth-order valence-corrected chi connectivity index (χ4v) is 1.68. The Bertz CT molecular complexity index is 676. The molecule has 2 rings (SSSR count). The number of carbonyl (C=O) groups excluding carboxylic acids is 1. The van der Waals surface area contributed by atoms with E-state index in [2.05, 4.69) is 4.98 Å². The molecule has 4 heteroatoms. The van der Waals surface area contributed by atoms with E-state index in [1.165, 1.54) is 25.3 Å². The minimum atomic E-state index is -0.133. The maximum absolute atomic E-state index is 11.7. The molecule has 0 unspecified atom stereocenters. The Labute approximate surface area is 123 Å². The molecule has 0 aliphatic heterocycles. The first kappa shape index (κ1) is 14.5. The molecule has 106 valence electrons. The van der Waals surface area contributed by atoms with E-state index in [1.54, 1.807) is 36.7 Å². The highest BCUT2D eigenvalue weighted by molar-refractivity contribution is 6.04. The van der Waals surface area contributed by atoms with Crippen LogP contribution in [0.3, 0.4) is 0 Å². The number of allylic oxidation sites excluding steroid dienone is 2. The number of phenols is 1. The molecular weight excluding hydrogens is 266 g/mol. The number of nitrogens with zero attached hydrogens (tertiary/aromatic N) is 1. The number of phenolic OH excluding ortho intramolecular Hbond substituents is 1. The van der Waals surface area contributed by atoms with E-state index < -0.39 is 0 Å². The smallest absolute Gasteiger partial charge is 0.178 e. The van der Waals surface area contributed by atoms with Crippen LogP contribution in [0.15, 0.2) is 54.9 Å². The summed E-state index contributed by atoms with van der Waals surface area (Å²) in [6, 6.07) is 8.55. The lowest BCUT2D eigenvalue weighted by Gasteiger charge is -2.03. The third-order valence-electron chi connectivity index (χ3n) is 2.77. The topological polar surface area (TPSA) is 59.4 Å². The highest BCUT2D eigenvalue weighted by atomic mass is 16.5. The van der Waals surface area contributed by atoms with E-state index in [9.17, 15) is 9.90 Å². The van der Waals surface area contributed by atoms with Gasteiger partial charge < -0.3 is 9.84 Å². The van der Waals surface area contributed by atoms with Gasteiger partial charge in [-0.05, 0) is 47.6 Å². The molecule has 0 spiro atoms. The summed E-state index contributed by atoms with van der Waals surface area (Å²) in [6.45, 7) is 0. The second kappa shape index (κ2) is 7.05. The van der Waals surface area contributed by atoms with E-state index >= 15 is 0 Å². The molecule has 0 atom stereocenters. The Morgan fingerprint density at radius 1 is 1.19 bits per heavy atom. The van der Waals surface area contributed by atoms with Crippen molar-refractivity contribution in [2.45, 2.75) is 0 Å². The van der Waals surface area contributed by atoms with Gasteiger partial charge >= 0.3 is 0 Å². The molecule has 21 heavy (non-hydrogen) atoms. The largest absolute Gasteiger partial charge is 0.504 e. The zero-order valence-corrected chi connectivity index (χ0v) is 11.6. The predicted octanol–water partition coefficient (Wildman–Crippen LogP) is 3.09. The molecular formula is C17H15NO3. The van der Waals surface area contributed by atoms with Crippen molar-refractivity contribution in [1.29, 1.82) is 0 Å². The second-order valence-corrected chi connectivity index (χ2v) is 4.29. The molecule has 1 heterocycles. The Balaban J connectivity index is 2.04. The number of ketones is 1. The van der Waals surface area contributed by atoms with Gasteiger partial charge in [0.15, 0.2) is 17.3 Å².